The van der Waals surface area contributed by atoms with Crippen molar-refractivity contribution in [3.05, 3.63) is 84.2 Å². The molecule has 3 rings (SSSR count). The van der Waals surface area contributed by atoms with E-state index in [2.05, 4.69) is 21.7 Å². The Labute approximate surface area is 153 Å². The number of hydrogen-bond donors (Lipinski definition) is 2. The summed E-state index contributed by atoms with van der Waals surface area (Å²) in [6, 6.07) is 20.9. The van der Waals surface area contributed by atoms with E-state index in [0.29, 0.717) is 5.69 Å². The number of pyridine rings is 1. The van der Waals surface area contributed by atoms with Crippen LogP contribution in [-0.2, 0) is 6.42 Å². The highest BCUT2D eigenvalue weighted by Gasteiger charge is 2.07. The molecule has 5 nitrogen and oxygen atoms in total. The Morgan fingerprint density at radius 2 is 1.85 bits per heavy atom. The zero-order valence-corrected chi connectivity index (χ0v) is 14.6. The average molecular weight is 347 g/mol. The molecular formula is C21H21N3O2. The van der Waals surface area contributed by atoms with Gasteiger partial charge in [0.1, 0.15) is 11.4 Å². The SMILES string of the molecule is COc1cccc(CCNc2ccc(C(=O)Nc3ccccc3)nc2)c1. The van der Waals surface area contributed by atoms with Crippen molar-refractivity contribution < 1.29 is 9.53 Å². The fourth-order valence-corrected chi connectivity index (χ4v) is 2.53. The second-order valence-corrected chi connectivity index (χ2v) is 5.78. The third kappa shape index (κ3) is 4.83. The second kappa shape index (κ2) is 8.67. The molecule has 0 unspecified atom stereocenters. The summed E-state index contributed by atoms with van der Waals surface area (Å²) in [5.74, 6) is 0.636. The summed E-state index contributed by atoms with van der Waals surface area (Å²) >= 11 is 0. The van der Waals surface area contributed by atoms with E-state index in [1.807, 2.05) is 54.6 Å². The van der Waals surface area contributed by atoms with Crippen molar-refractivity contribution in [1.82, 2.24) is 4.98 Å². The van der Waals surface area contributed by atoms with Crippen molar-refractivity contribution >= 4 is 17.3 Å². The maximum absolute atomic E-state index is 12.2. The number of benzene rings is 2. The lowest BCUT2D eigenvalue weighted by molar-refractivity contribution is 0.102. The van der Waals surface area contributed by atoms with Gasteiger partial charge in [-0.1, -0.05) is 30.3 Å². The molecule has 0 spiro atoms. The molecular weight excluding hydrogens is 326 g/mol. The summed E-state index contributed by atoms with van der Waals surface area (Å²) in [6.45, 7) is 0.768. The minimum atomic E-state index is -0.223. The Bertz CT molecular complexity index is 849. The lowest BCUT2D eigenvalue weighted by atomic mass is 10.1. The first-order valence-electron chi connectivity index (χ1n) is 8.44. The lowest BCUT2D eigenvalue weighted by Crippen LogP contribution is -2.14. The Kier molecular flexibility index (Phi) is 5.83. The smallest absolute Gasteiger partial charge is 0.274 e. The van der Waals surface area contributed by atoms with Crippen LogP contribution in [0.3, 0.4) is 0 Å². The molecule has 0 fully saturated rings. The number of methoxy groups -OCH3 is 1. The minimum absolute atomic E-state index is 0.223. The third-order valence-electron chi connectivity index (χ3n) is 3.90. The zero-order valence-electron chi connectivity index (χ0n) is 14.6. The van der Waals surface area contributed by atoms with Gasteiger partial charge in [0.05, 0.1) is 19.0 Å². The highest BCUT2D eigenvalue weighted by molar-refractivity contribution is 6.02. The number of carbonyl (C=O) groups is 1. The Morgan fingerprint density at radius 3 is 2.58 bits per heavy atom. The van der Waals surface area contributed by atoms with Crippen molar-refractivity contribution in [2.75, 3.05) is 24.3 Å². The molecule has 2 N–H and O–H groups in total. The number of carbonyl (C=O) groups excluding carboxylic acids is 1. The van der Waals surface area contributed by atoms with E-state index in [0.717, 1.165) is 30.1 Å². The largest absolute Gasteiger partial charge is 0.497 e. The van der Waals surface area contributed by atoms with Gasteiger partial charge < -0.3 is 15.4 Å². The van der Waals surface area contributed by atoms with E-state index in [-0.39, 0.29) is 5.91 Å². The number of nitrogens with one attached hydrogen (secondary N) is 2. The predicted molar refractivity (Wildman–Crippen MR) is 104 cm³/mol. The Morgan fingerprint density at radius 1 is 1.00 bits per heavy atom. The second-order valence-electron chi connectivity index (χ2n) is 5.78. The quantitative estimate of drug-likeness (QED) is 0.678. The molecule has 0 bridgehead atoms. The first kappa shape index (κ1) is 17.5. The van der Waals surface area contributed by atoms with E-state index in [4.69, 9.17) is 4.74 Å². The monoisotopic (exact) mass is 347 g/mol. The van der Waals surface area contributed by atoms with Crippen molar-refractivity contribution in [3.8, 4) is 5.75 Å². The topological polar surface area (TPSA) is 63.2 Å². The third-order valence-corrected chi connectivity index (χ3v) is 3.90. The maximum atomic E-state index is 12.2. The molecule has 0 radical (unpaired) electrons. The van der Waals surface area contributed by atoms with Gasteiger partial charge in [-0.3, -0.25) is 4.79 Å². The van der Waals surface area contributed by atoms with Gasteiger partial charge in [-0.15, -0.1) is 0 Å². The summed E-state index contributed by atoms with van der Waals surface area (Å²) in [6.07, 6.45) is 2.54. The number of ether oxygens (including phenoxy) is 1. The lowest BCUT2D eigenvalue weighted by Gasteiger charge is -2.08. The van der Waals surface area contributed by atoms with Crippen LogP contribution in [0.2, 0.25) is 0 Å². The number of nitrogens with zero attached hydrogens (tertiary/aromatic N) is 1. The van der Waals surface area contributed by atoms with Crippen LogP contribution in [0.4, 0.5) is 11.4 Å². The molecule has 26 heavy (non-hydrogen) atoms. The van der Waals surface area contributed by atoms with E-state index < -0.39 is 0 Å². The number of anilines is 2. The highest BCUT2D eigenvalue weighted by Crippen LogP contribution is 2.14. The van der Waals surface area contributed by atoms with E-state index in [9.17, 15) is 4.79 Å². The number of para-hydroxylation sites is 1. The molecule has 0 atom stereocenters. The molecule has 0 saturated carbocycles. The molecule has 1 amide bonds. The summed E-state index contributed by atoms with van der Waals surface area (Å²) in [5, 5.41) is 6.13. The van der Waals surface area contributed by atoms with Crippen molar-refractivity contribution in [3.63, 3.8) is 0 Å². The number of rotatable bonds is 7. The summed E-state index contributed by atoms with van der Waals surface area (Å²) in [7, 11) is 1.67. The fraction of sp³-hybridized carbons (Fsp3) is 0.143. The Hall–Kier alpha value is -3.34. The molecule has 0 aliphatic rings. The molecule has 5 heteroatoms. The minimum Gasteiger partial charge on any atom is -0.497 e. The summed E-state index contributed by atoms with van der Waals surface area (Å²) in [5.41, 5.74) is 3.21. The standard InChI is InChI=1S/C21H21N3O2/c1-26-19-9-5-6-16(14-19)12-13-22-18-10-11-20(23-15-18)21(25)24-17-7-3-2-4-8-17/h2-11,14-15,22H,12-13H2,1H3,(H,24,25). The van der Waals surface area contributed by atoms with Gasteiger partial charge in [0.2, 0.25) is 0 Å². The van der Waals surface area contributed by atoms with Crippen LogP contribution in [0.1, 0.15) is 16.1 Å². The van der Waals surface area contributed by atoms with Crippen molar-refractivity contribution in [2.24, 2.45) is 0 Å². The molecule has 3 aromatic rings. The van der Waals surface area contributed by atoms with Gasteiger partial charge in [-0.05, 0) is 48.4 Å². The maximum Gasteiger partial charge on any atom is 0.274 e. The van der Waals surface area contributed by atoms with Gasteiger partial charge in [0, 0.05) is 12.2 Å². The van der Waals surface area contributed by atoms with Gasteiger partial charge in [-0.25, -0.2) is 4.98 Å². The molecule has 1 heterocycles. The van der Waals surface area contributed by atoms with E-state index >= 15 is 0 Å². The summed E-state index contributed by atoms with van der Waals surface area (Å²) < 4.78 is 5.23. The predicted octanol–water partition coefficient (Wildman–Crippen LogP) is 4.00. The van der Waals surface area contributed by atoms with Crippen molar-refractivity contribution in [1.29, 1.82) is 0 Å². The van der Waals surface area contributed by atoms with Gasteiger partial charge >= 0.3 is 0 Å². The van der Waals surface area contributed by atoms with Crippen LogP contribution in [0, 0.1) is 0 Å². The normalized spacial score (nSPS) is 10.2. The molecule has 132 valence electrons. The van der Waals surface area contributed by atoms with Gasteiger partial charge in [0.25, 0.3) is 5.91 Å². The van der Waals surface area contributed by atoms with Crippen LogP contribution in [0.5, 0.6) is 5.75 Å². The first-order valence-corrected chi connectivity index (χ1v) is 8.44. The zero-order chi connectivity index (χ0) is 18.2. The molecule has 1 aromatic heterocycles. The highest BCUT2D eigenvalue weighted by atomic mass is 16.5. The van der Waals surface area contributed by atoms with E-state index in [1.165, 1.54) is 5.56 Å². The van der Waals surface area contributed by atoms with Crippen LogP contribution in [0.15, 0.2) is 72.9 Å². The van der Waals surface area contributed by atoms with Gasteiger partial charge in [0.15, 0.2) is 0 Å². The first-order chi connectivity index (χ1) is 12.7. The average Bonchev–Trinajstić information content (AvgIpc) is 2.69. The van der Waals surface area contributed by atoms with Crippen molar-refractivity contribution in [2.45, 2.75) is 6.42 Å². The van der Waals surface area contributed by atoms with Crippen LogP contribution < -0.4 is 15.4 Å². The Balaban J connectivity index is 1.51. The van der Waals surface area contributed by atoms with Crippen LogP contribution >= 0.6 is 0 Å². The van der Waals surface area contributed by atoms with Gasteiger partial charge in [-0.2, -0.15) is 0 Å². The number of aromatic nitrogens is 1. The van der Waals surface area contributed by atoms with Crippen LogP contribution in [-0.4, -0.2) is 24.5 Å². The molecule has 0 aliphatic heterocycles. The number of amides is 1. The van der Waals surface area contributed by atoms with E-state index in [1.54, 1.807) is 19.4 Å². The molecule has 0 saturated heterocycles. The molecule has 2 aromatic carbocycles. The number of hydrogen-bond acceptors (Lipinski definition) is 4. The fourth-order valence-electron chi connectivity index (χ4n) is 2.53. The summed E-state index contributed by atoms with van der Waals surface area (Å²) in [4.78, 5) is 16.4. The molecule has 0 aliphatic carbocycles. The van der Waals surface area contributed by atoms with Crippen LogP contribution in [0.25, 0.3) is 0 Å².